The number of hydrogen-bond acceptors (Lipinski definition) is 4. The van der Waals surface area contributed by atoms with Crippen LogP contribution in [0.2, 0.25) is 0 Å². The number of benzene rings is 2. The highest BCUT2D eigenvalue weighted by Gasteiger charge is 2.10. The first-order chi connectivity index (χ1) is 9.75. The van der Waals surface area contributed by atoms with Crippen LogP contribution in [0.25, 0.3) is 11.4 Å². The molecule has 1 heterocycles. The maximum absolute atomic E-state index is 4.05. The third-order valence-electron chi connectivity index (χ3n) is 3.25. The zero-order chi connectivity index (χ0) is 13.9. The highest BCUT2D eigenvalue weighted by atomic mass is 15.5. The van der Waals surface area contributed by atoms with E-state index in [1.54, 1.807) is 0 Å². The maximum Gasteiger partial charge on any atom is 0.206 e. The number of anilines is 2. The summed E-state index contributed by atoms with van der Waals surface area (Å²) < 4.78 is 0. The van der Waals surface area contributed by atoms with Gasteiger partial charge >= 0.3 is 0 Å². The van der Waals surface area contributed by atoms with Crippen LogP contribution in [0.5, 0.6) is 0 Å². The lowest BCUT2D eigenvalue weighted by Gasteiger charge is -2.14. The van der Waals surface area contributed by atoms with E-state index in [1.165, 1.54) is 11.1 Å². The van der Waals surface area contributed by atoms with Crippen molar-refractivity contribution < 1.29 is 0 Å². The number of aromatic nitrogens is 4. The minimum atomic E-state index is 0.583. The molecule has 0 aliphatic carbocycles. The average Bonchev–Trinajstić information content (AvgIpc) is 2.97. The molecule has 5 nitrogen and oxygen atoms in total. The topological polar surface area (TPSA) is 66.5 Å². The van der Waals surface area contributed by atoms with Gasteiger partial charge < -0.3 is 5.32 Å². The fourth-order valence-corrected chi connectivity index (χ4v) is 2.21. The summed E-state index contributed by atoms with van der Waals surface area (Å²) in [5, 5.41) is 17.7. The molecule has 0 unspecified atom stereocenters. The Kier molecular flexibility index (Phi) is 3.16. The van der Waals surface area contributed by atoms with Crippen molar-refractivity contribution in [3.8, 4) is 11.4 Å². The summed E-state index contributed by atoms with van der Waals surface area (Å²) in [6.07, 6.45) is 0. The summed E-state index contributed by atoms with van der Waals surface area (Å²) in [4.78, 5) is 0. The van der Waals surface area contributed by atoms with Crippen LogP contribution in [0, 0.1) is 13.8 Å². The Morgan fingerprint density at radius 3 is 2.40 bits per heavy atom. The van der Waals surface area contributed by atoms with Crippen molar-refractivity contribution in [3.63, 3.8) is 0 Å². The third kappa shape index (κ3) is 2.25. The molecule has 0 aliphatic rings. The molecule has 3 aromatic rings. The van der Waals surface area contributed by atoms with Crippen LogP contribution in [-0.4, -0.2) is 20.6 Å². The van der Waals surface area contributed by atoms with E-state index in [9.17, 15) is 0 Å². The minimum absolute atomic E-state index is 0.583. The van der Waals surface area contributed by atoms with Crippen molar-refractivity contribution >= 4 is 11.4 Å². The van der Waals surface area contributed by atoms with E-state index in [0.29, 0.717) is 5.82 Å². The Labute approximate surface area is 117 Å². The summed E-state index contributed by atoms with van der Waals surface area (Å²) in [7, 11) is 0. The summed E-state index contributed by atoms with van der Waals surface area (Å²) >= 11 is 0. The van der Waals surface area contributed by atoms with E-state index in [2.05, 4.69) is 58.0 Å². The molecule has 2 aromatic carbocycles. The highest BCUT2D eigenvalue weighted by Crippen LogP contribution is 2.30. The van der Waals surface area contributed by atoms with E-state index >= 15 is 0 Å². The van der Waals surface area contributed by atoms with Gasteiger partial charge in [0.05, 0.1) is 0 Å². The lowest BCUT2D eigenvalue weighted by Crippen LogP contribution is -1.98. The maximum atomic E-state index is 4.05. The lowest BCUT2D eigenvalue weighted by atomic mass is 10.1. The highest BCUT2D eigenvalue weighted by molar-refractivity contribution is 5.79. The molecule has 0 spiro atoms. The van der Waals surface area contributed by atoms with Crippen molar-refractivity contribution in [2.75, 3.05) is 5.32 Å². The molecule has 0 amide bonds. The number of aromatic amines is 1. The van der Waals surface area contributed by atoms with Gasteiger partial charge in [-0.15, -0.1) is 10.2 Å². The SMILES string of the molecule is Cc1cccc(C)c1Nc1ccccc1-c1nn[nH]n1. The Balaban J connectivity index is 2.04. The number of aryl methyl sites for hydroxylation is 2. The van der Waals surface area contributed by atoms with Gasteiger partial charge in [0, 0.05) is 16.9 Å². The van der Waals surface area contributed by atoms with E-state index in [4.69, 9.17) is 0 Å². The summed E-state index contributed by atoms with van der Waals surface area (Å²) in [5.41, 5.74) is 5.40. The fraction of sp³-hybridized carbons (Fsp3) is 0.133. The molecule has 0 saturated carbocycles. The van der Waals surface area contributed by atoms with Crippen LogP contribution < -0.4 is 5.32 Å². The van der Waals surface area contributed by atoms with Crippen LogP contribution >= 0.6 is 0 Å². The number of tetrazole rings is 1. The molecule has 0 atom stereocenters. The zero-order valence-corrected chi connectivity index (χ0v) is 11.4. The molecule has 0 bridgehead atoms. The molecule has 0 saturated heterocycles. The quantitative estimate of drug-likeness (QED) is 0.763. The predicted molar refractivity (Wildman–Crippen MR) is 78.8 cm³/mol. The lowest BCUT2D eigenvalue weighted by molar-refractivity contribution is 0.881. The number of nitrogens with one attached hydrogen (secondary N) is 2. The number of para-hydroxylation sites is 2. The van der Waals surface area contributed by atoms with Gasteiger partial charge in [-0.1, -0.05) is 30.3 Å². The second-order valence-electron chi connectivity index (χ2n) is 4.67. The van der Waals surface area contributed by atoms with Crippen LogP contribution in [0.1, 0.15) is 11.1 Å². The first kappa shape index (κ1) is 12.3. The smallest absolute Gasteiger partial charge is 0.206 e. The molecule has 3 rings (SSSR count). The van der Waals surface area contributed by atoms with E-state index < -0.39 is 0 Å². The monoisotopic (exact) mass is 265 g/mol. The van der Waals surface area contributed by atoms with Crippen molar-refractivity contribution in [3.05, 3.63) is 53.6 Å². The first-order valence-electron chi connectivity index (χ1n) is 6.42. The molecule has 2 N–H and O–H groups in total. The number of nitrogens with zero attached hydrogens (tertiary/aromatic N) is 3. The normalized spacial score (nSPS) is 10.5. The van der Waals surface area contributed by atoms with Gasteiger partial charge in [-0.3, -0.25) is 0 Å². The second kappa shape index (κ2) is 5.13. The zero-order valence-electron chi connectivity index (χ0n) is 11.4. The van der Waals surface area contributed by atoms with Gasteiger partial charge in [-0.25, -0.2) is 0 Å². The Hall–Kier alpha value is -2.69. The molecule has 0 radical (unpaired) electrons. The van der Waals surface area contributed by atoms with Crippen molar-refractivity contribution in [2.24, 2.45) is 0 Å². The Morgan fingerprint density at radius 2 is 1.70 bits per heavy atom. The van der Waals surface area contributed by atoms with Crippen molar-refractivity contribution in [2.45, 2.75) is 13.8 Å². The molecule has 0 fully saturated rings. The summed E-state index contributed by atoms with van der Waals surface area (Å²) in [5.74, 6) is 0.583. The van der Waals surface area contributed by atoms with Gasteiger partial charge in [-0.05, 0) is 42.3 Å². The standard InChI is InChI=1S/C15H15N5/c1-10-6-5-7-11(2)14(10)16-13-9-4-3-8-12(13)15-17-19-20-18-15/h3-9,16H,1-2H3,(H,17,18,19,20). The molecular formula is C15H15N5. The van der Waals surface area contributed by atoms with Crippen molar-refractivity contribution in [1.29, 1.82) is 0 Å². The Bertz CT molecular complexity index is 699. The molecule has 0 aliphatic heterocycles. The van der Waals surface area contributed by atoms with E-state index in [-0.39, 0.29) is 0 Å². The molecule has 20 heavy (non-hydrogen) atoms. The fourth-order valence-electron chi connectivity index (χ4n) is 2.21. The van der Waals surface area contributed by atoms with Crippen LogP contribution in [0.15, 0.2) is 42.5 Å². The van der Waals surface area contributed by atoms with Crippen LogP contribution in [0.3, 0.4) is 0 Å². The average molecular weight is 265 g/mol. The minimum Gasteiger partial charge on any atom is -0.354 e. The second-order valence-corrected chi connectivity index (χ2v) is 4.67. The van der Waals surface area contributed by atoms with E-state index in [1.807, 2.05) is 24.3 Å². The first-order valence-corrected chi connectivity index (χ1v) is 6.42. The van der Waals surface area contributed by atoms with Gasteiger partial charge in [0.1, 0.15) is 0 Å². The predicted octanol–water partition coefficient (Wildman–Crippen LogP) is 3.23. The number of rotatable bonds is 3. The van der Waals surface area contributed by atoms with Crippen molar-refractivity contribution in [1.82, 2.24) is 20.6 Å². The molecule has 1 aromatic heterocycles. The van der Waals surface area contributed by atoms with Gasteiger partial charge in [0.25, 0.3) is 0 Å². The summed E-state index contributed by atoms with van der Waals surface area (Å²) in [6, 6.07) is 14.2. The largest absolute Gasteiger partial charge is 0.354 e. The van der Waals surface area contributed by atoms with Crippen LogP contribution in [-0.2, 0) is 0 Å². The molecule has 5 heteroatoms. The Morgan fingerprint density at radius 1 is 0.950 bits per heavy atom. The van der Waals surface area contributed by atoms with Gasteiger partial charge in [-0.2, -0.15) is 5.21 Å². The molecular weight excluding hydrogens is 250 g/mol. The van der Waals surface area contributed by atoms with E-state index in [0.717, 1.165) is 16.9 Å². The third-order valence-corrected chi connectivity index (χ3v) is 3.25. The summed E-state index contributed by atoms with van der Waals surface area (Å²) in [6.45, 7) is 4.18. The van der Waals surface area contributed by atoms with Gasteiger partial charge in [0.15, 0.2) is 0 Å². The number of H-pyrrole nitrogens is 1. The van der Waals surface area contributed by atoms with Gasteiger partial charge in [0.2, 0.25) is 5.82 Å². The number of hydrogen-bond donors (Lipinski definition) is 2. The molecule has 100 valence electrons. The van der Waals surface area contributed by atoms with Crippen LogP contribution in [0.4, 0.5) is 11.4 Å².